The quantitative estimate of drug-likeness (QED) is 0.664. The first-order valence-electron chi connectivity index (χ1n) is 4.32. The Bertz CT molecular complexity index is 315. The number of nitrogens with one attached hydrogen (secondary N) is 1. The molecule has 1 nitrogen and oxygen atoms in total. The normalized spacial score (nSPS) is 19.9. The van der Waals surface area contributed by atoms with Crippen molar-refractivity contribution >= 4 is 11.8 Å². The van der Waals surface area contributed by atoms with E-state index in [0.29, 0.717) is 6.04 Å². The smallest absolute Gasteiger partial charge is 0.0381 e. The molecule has 0 aliphatic carbocycles. The topological polar surface area (TPSA) is 12.0 Å². The first-order chi connectivity index (χ1) is 5.81. The molecule has 0 amide bonds. The maximum atomic E-state index is 3.81. The van der Waals surface area contributed by atoms with Crippen LogP contribution >= 0.6 is 0 Å². The van der Waals surface area contributed by atoms with Crippen LogP contribution in [0.2, 0.25) is 0 Å². The minimum Gasteiger partial charge on any atom is -0.382 e. The summed E-state index contributed by atoms with van der Waals surface area (Å²) in [6.45, 7) is 6.01. The van der Waals surface area contributed by atoms with E-state index in [4.69, 9.17) is 0 Å². The Morgan fingerprint density at radius 3 is 3.17 bits per heavy atom. The third kappa shape index (κ3) is 1.02. The van der Waals surface area contributed by atoms with Crippen LogP contribution in [0.3, 0.4) is 0 Å². The third-order valence-electron chi connectivity index (χ3n) is 2.34. The maximum absolute atomic E-state index is 3.81. The van der Waals surface area contributed by atoms with Gasteiger partial charge in [-0.05, 0) is 30.5 Å². The van der Waals surface area contributed by atoms with E-state index in [1.54, 1.807) is 0 Å². The highest BCUT2D eigenvalue weighted by Crippen LogP contribution is 2.28. The van der Waals surface area contributed by atoms with Gasteiger partial charge in [0.25, 0.3) is 0 Å². The van der Waals surface area contributed by atoms with Gasteiger partial charge in [-0.2, -0.15) is 0 Å². The highest BCUT2D eigenvalue weighted by molar-refractivity contribution is 5.66. The number of hydrogen-bond acceptors (Lipinski definition) is 1. The molecule has 0 fully saturated rings. The Hall–Kier alpha value is -1.24. The Morgan fingerprint density at radius 1 is 1.58 bits per heavy atom. The van der Waals surface area contributed by atoms with Crippen LogP contribution in [0, 0.1) is 0 Å². The SMILES string of the molecule is C=Cc1cccc2c1CC(C)N2. The summed E-state index contributed by atoms with van der Waals surface area (Å²) in [5.41, 5.74) is 3.96. The molecule has 0 aromatic heterocycles. The van der Waals surface area contributed by atoms with Crippen molar-refractivity contribution in [3.8, 4) is 0 Å². The second-order valence-electron chi connectivity index (χ2n) is 3.33. The Labute approximate surface area is 73.1 Å². The molecule has 0 saturated carbocycles. The zero-order valence-corrected chi connectivity index (χ0v) is 7.30. The highest BCUT2D eigenvalue weighted by atomic mass is 14.9. The van der Waals surface area contributed by atoms with Crippen LogP contribution in [0.25, 0.3) is 6.08 Å². The van der Waals surface area contributed by atoms with E-state index in [1.165, 1.54) is 16.8 Å². The van der Waals surface area contributed by atoms with E-state index >= 15 is 0 Å². The van der Waals surface area contributed by atoms with Crippen molar-refractivity contribution in [2.24, 2.45) is 0 Å². The molecule has 1 atom stereocenters. The fourth-order valence-electron chi connectivity index (χ4n) is 1.78. The van der Waals surface area contributed by atoms with Gasteiger partial charge in [0.2, 0.25) is 0 Å². The molecule has 1 heterocycles. The lowest BCUT2D eigenvalue weighted by Crippen LogP contribution is -2.08. The van der Waals surface area contributed by atoms with Gasteiger partial charge >= 0.3 is 0 Å². The van der Waals surface area contributed by atoms with E-state index in [-0.39, 0.29) is 0 Å². The lowest BCUT2D eigenvalue weighted by Gasteiger charge is -2.02. The first kappa shape index (κ1) is 7.41. The van der Waals surface area contributed by atoms with Crippen LogP contribution < -0.4 is 5.32 Å². The van der Waals surface area contributed by atoms with E-state index in [1.807, 2.05) is 6.08 Å². The molecule has 62 valence electrons. The molecular formula is C11H13N. The predicted molar refractivity (Wildman–Crippen MR) is 53.3 cm³/mol. The summed E-state index contributed by atoms with van der Waals surface area (Å²) >= 11 is 0. The lowest BCUT2D eigenvalue weighted by molar-refractivity contribution is 0.838. The van der Waals surface area contributed by atoms with Gasteiger partial charge in [0.05, 0.1) is 0 Å². The molecule has 1 unspecified atom stereocenters. The van der Waals surface area contributed by atoms with Crippen molar-refractivity contribution in [2.75, 3.05) is 5.32 Å². The minimum absolute atomic E-state index is 0.570. The van der Waals surface area contributed by atoms with Crippen molar-refractivity contribution in [1.29, 1.82) is 0 Å². The maximum Gasteiger partial charge on any atom is 0.0381 e. The van der Waals surface area contributed by atoms with E-state index in [2.05, 4.69) is 37.0 Å². The number of rotatable bonds is 1. The van der Waals surface area contributed by atoms with Gasteiger partial charge in [-0.3, -0.25) is 0 Å². The van der Waals surface area contributed by atoms with Crippen LogP contribution in [-0.2, 0) is 6.42 Å². The Balaban J connectivity index is 2.51. The summed E-state index contributed by atoms with van der Waals surface area (Å²) in [6, 6.07) is 6.89. The lowest BCUT2D eigenvalue weighted by atomic mass is 10.0. The van der Waals surface area contributed by atoms with E-state index < -0.39 is 0 Å². The summed E-state index contributed by atoms with van der Waals surface area (Å²) in [7, 11) is 0. The monoisotopic (exact) mass is 159 g/mol. The van der Waals surface area contributed by atoms with Gasteiger partial charge in [0, 0.05) is 11.7 Å². The molecule has 12 heavy (non-hydrogen) atoms. The fourth-order valence-corrected chi connectivity index (χ4v) is 1.78. The molecule has 2 rings (SSSR count). The van der Waals surface area contributed by atoms with Crippen LogP contribution in [0.5, 0.6) is 0 Å². The highest BCUT2D eigenvalue weighted by Gasteiger charge is 2.17. The number of benzene rings is 1. The van der Waals surface area contributed by atoms with Crippen molar-refractivity contribution in [3.63, 3.8) is 0 Å². The van der Waals surface area contributed by atoms with Crippen LogP contribution in [0.1, 0.15) is 18.1 Å². The standard InChI is InChI=1S/C11H13N/c1-3-9-5-4-6-11-10(9)7-8(2)12-11/h3-6,8,12H,1,7H2,2H3. The molecule has 1 N–H and O–H groups in total. The Morgan fingerprint density at radius 2 is 2.42 bits per heavy atom. The zero-order chi connectivity index (χ0) is 8.55. The van der Waals surface area contributed by atoms with Crippen molar-refractivity contribution in [2.45, 2.75) is 19.4 Å². The summed E-state index contributed by atoms with van der Waals surface area (Å²) in [5, 5.41) is 3.42. The molecule has 0 radical (unpaired) electrons. The van der Waals surface area contributed by atoms with E-state index in [0.717, 1.165) is 6.42 Å². The van der Waals surface area contributed by atoms with E-state index in [9.17, 15) is 0 Å². The van der Waals surface area contributed by atoms with Crippen LogP contribution in [0.4, 0.5) is 5.69 Å². The summed E-state index contributed by atoms with van der Waals surface area (Å²) in [5.74, 6) is 0. The van der Waals surface area contributed by atoms with Crippen LogP contribution in [0.15, 0.2) is 24.8 Å². The molecule has 1 aromatic carbocycles. The summed E-state index contributed by atoms with van der Waals surface area (Å²) in [4.78, 5) is 0. The van der Waals surface area contributed by atoms with Gasteiger partial charge in [-0.1, -0.05) is 24.8 Å². The van der Waals surface area contributed by atoms with Crippen molar-refractivity contribution < 1.29 is 0 Å². The largest absolute Gasteiger partial charge is 0.382 e. The zero-order valence-electron chi connectivity index (χ0n) is 7.30. The van der Waals surface area contributed by atoms with Crippen LogP contribution in [-0.4, -0.2) is 6.04 Å². The average molecular weight is 159 g/mol. The fraction of sp³-hybridized carbons (Fsp3) is 0.273. The molecule has 1 aromatic rings. The predicted octanol–water partition coefficient (Wildman–Crippen LogP) is 2.69. The molecule has 1 heteroatoms. The minimum atomic E-state index is 0.570. The molecule has 0 bridgehead atoms. The second-order valence-corrected chi connectivity index (χ2v) is 3.33. The van der Waals surface area contributed by atoms with Gasteiger partial charge in [0.1, 0.15) is 0 Å². The van der Waals surface area contributed by atoms with Gasteiger partial charge in [-0.15, -0.1) is 0 Å². The first-order valence-corrected chi connectivity index (χ1v) is 4.32. The summed E-state index contributed by atoms with van der Waals surface area (Å²) in [6.07, 6.45) is 3.05. The second kappa shape index (κ2) is 2.67. The van der Waals surface area contributed by atoms with Gasteiger partial charge < -0.3 is 5.32 Å². The van der Waals surface area contributed by atoms with Gasteiger partial charge in [-0.25, -0.2) is 0 Å². The molecular weight excluding hydrogens is 146 g/mol. The molecule has 1 aliphatic heterocycles. The molecule has 0 saturated heterocycles. The van der Waals surface area contributed by atoms with Gasteiger partial charge in [0.15, 0.2) is 0 Å². The summed E-state index contributed by atoms with van der Waals surface area (Å²) < 4.78 is 0. The third-order valence-corrected chi connectivity index (χ3v) is 2.34. The number of fused-ring (bicyclic) bond motifs is 1. The Kier molecular flexibility index (Phi) is 1.65. The van der Waals surface area contributed by atoms with Crippen molar-refractivity contribution in [3.05, 3.63) is 35.9 Å². The molecule has 0 spiro atoms. The molecule has 1 aliphatic rings. The number of anilines is 1. The average Bonchev–Trinajstić information content (AvgIpc) is 2.44. The number of hydrogen-bond donors (Lipinski definition) is 1. The van der Waals surface area contributed by atoms with Crippen molar-refractivity contribution in [1.82, 2.24) is 0 Å².